The van der Waals surface area contributed by atoms with Crippen LogP contribution in [0.3, 0.4) is 0 Å². The molecule has 0 radical (unpaired) electrons. The first kappa shape index (κ1) is 13.0. The van der Waals surface area contributed by atoms with Gasteiger partial charge in [-0.3, -0.25) is 9.78 Å². The average Bonchev–Trinajstić information content (AvgIpc) is 2.49. The van der Waals surface area contributed by atoms with Crippen molar-refractivity contribution in [3.63, 3.8) is 0 Å². The first-order chi connectivity index (χ1) is 10.1. The van der Waals surface area contributed by atoms with Crippen molar-refractivity contribution >= 4 is 22.6 Å². The van der Waals surface area contributed by atoms with E-state index >= 15 is 0 Å². The summed E-state index contributed by atoms with van der Waals surface area (Å²) in [5.74, 6) is -2.71. The summed E-state index contributed by atoms with van der Waals surface area (Å²) in [6.45, 7) is 0. The number of para-hydroxylation sites is 2. The summed E-state index contributed by atoms with van der Waals surface area (Å²) in [5, 5.41) is 2.27. The summed E-state index contributed by atoms with van der Waals surface area (Å²) in [5.41, 5.74) is 0.986. The van der Waals surface area contributed by atoms with Crippen LogP contribution in [0, 0.1) is 11.9 Å². The fourth-order valence-electron chi connectivity index (χ4n) is 1.76. The van der Waals surface area contributed by atoms with Gasteiger partial charge in [0.25, 0.3) is 5.91 Å². The van der Waals surface area contributed by atoms with Gasteiger partial charge in [0, 0.05) is 0 Å². The Balaban J connectivity index is 1.89. The molecule has 0 saturated heterocycles. The Labute approximate surface area is 117 Å². The van der Waals surface area contributed by atoms with Crippen LogP contribution in [-0.4, -0.2) is 20.9 Å². The predicted molar refractivity (Wildman–Crippen MR) is 71.6 cm³/mol. The zero-order chi connectivity index (χ0) is 14.8. The molecule has 3 rings (SSSR count). The molecule has 0 spiro atoms. The largest absolute Gasteiger partial charge is 0.317 e. The van der Waals surface area contributed by atoms with Gasteiger partial charge in [0.05, 0.1) is 22.9 Å². The Kier molecular flexibility index (Phi) is 3.23. The number of amides is 1. The highest BCUT2D eigenvalue weighted by Gasteiger charge is 2.13. The number of hydrogen-bond acceptors (Lipinski definition) is 4. The molecule has 2 aromatic heterocycles. The van der Waals surface area contributed by atoms with Crippen molar-refractivity contribution in [2.45, 2.75) is 0 Å². The molecule has 0 fully saturated rings. The second kappa shape index (κ2) is 5.20. The van der Waals surface area contributed by atoms with Crippen molar-refractivity contribution in [1.29, 1.82) is 0 Å². The van der Waals surface area contributed by atoms with Crippen molar-refractivity contribution in [2.75, 3.05) is 5.32 Å². The monoisotopic (exact) mass is 286 g/mol. The third kappa shape index (κ3) is 2.66. The fourth-order valence-corrected chi connectivity index (χ4v) is 1.76. The SMILES string of the molecule is O=C(Nc1ccc(F)nc1F)c1cnc2ccccc2n1. The molecule has 1 aromatic carbocycles. The summed E-state index contributed by atoms with van der Waals surface area (Å²) in [4.78, 5) is 23.2. The van der Waals surface area contributed by atoms with Gasteiger partial charge < -0.3 is 5.32 Å². The maximum atomic E-state index is 13.4. The standard InChI is InChI=1S/C14H8F2N4O/c15-12-6-5-10(13(16)20-12)19-14(21)11-7-17-8-3-1-2-4-9(8)18-11/h1-7H,(H,19,21). The molecule has 0 bridgehead atoms. The highest BCUT2D eigenvalue weighted by atomic mass is 19.1. The zero-order valence-electron chi connectivity index (χ0n) is 10.5. The molecule has 1 N–H and O–H groups in total. The van der Waals surface area contributed by atoms with E-state index in [0.29, 0.717) is 11.0 Å². The van der Waals surface area contributed by atoms with Gasteiger partial charge in [-0.2, -0.15) is 13.8 Å². The molecule has 0 saturated carbocycles. The van der Waals surface area contributed by atoms with Gasteiger partial charge >= 0.3 is 0 Å². The van der Waals surface area contributed by atoms with Crippen LogP contribution in [0.15, 0.2) is 42.6 Å². The summed E-state index contributed by atoms with van der Waals surface area (Å²) < 4.78 is 26.1. The summed E-state index contributed by atoms with van der Waals surface area (Å²) in [6.07, 6.45) is 1.28. The molecule has 7 heteroatoms. The molecule has 1 amide bonds. The second-order valence-corrected chi connectivity index (χ2v) is 4.17. The van der Waals surface area contributed by atoms with Crippen LogP contribution in [0.25, 0.3) is 11.0 Å². The number of rotatable bonds is 2. The first-order valence-electron chi connectivity index (χ1n) is 5.99. The minimum atomic E-state index is -1.10. The number of halogens is 2. The van der Waals surface area contributed by atoms with E-state index in [-0.39, 0.29) is 11.4 Å². The van der Waals surface area contributed by atoms with Gasteiger partial charge in [-0.25, -0.2) is 4.98 Å². The molecule has 0 unspecified atom stereocenters. The topological polar surface area (TPSA) is 67.8 Å². The van der Waals surface area contributed by atoms with Crippen LogP contribution in [-0.2, 0) is 0 Å². The van der Waals surface area contributed by atoms with E-state index in [1.807, 2.05) is 0 Å². The van der Waals surface area contributed by atoms with Crippen molar-refractivity contribution < 1.29 is 13.6 Å². The number of carbonyl (C=O) groups is 1. The lowest BCUT2D eigenvalue weighted by Crippen LogP contribution is -2.15. The van der Waals surface area contributed by atoms with Gasteiger partial charge in [-0.1, -0.05) is 12.1 Å². The summed E-state index contributed by atoms with van der Waals surface area (Å²) >= 11 is 0. The predicted octanol–water partition coefficient (Wildman–Crippen LogP) is 2.56. The number of carbonyl (C=O) groups excluding carboxylic acids is 1. The normalized spacial score (nSPS) is 10.6. The lowest BCUT2D eigenvalue weighted by molar-refractivity contribution is 0.102. The highest BCUT2D eigenvalue weighted by Crippen LogP contribution is 2.14. The molecule has 0 atom stereocenters. The van der Waals surface area contributed by atoms with Crippen molar-refractivity contribution in [3.8, 4) is 0 Å². The van der Waals surface area contributed by atoms with Gasteiger partial charge in [0.2, 0.25) is 11.9 Å². The maximum Gasteiger partial charge on any atom is 0.276 e. The van der Waals surface area contributed by atoms with Crippen LogP contribution in [0.4, 0.5) is 14.5 Å². The fraction of sp³-hybridized carbons (Fsp3) is 0. The van der Waals surface area contributed by atoms with Gasteiger partial charge in [0.1, 0.15) is 5.69 Å². The first-order valence-corrected chi connectivity index (χ1v) is 5.99. The number of hydrogen-bond donors (Lipinski definition) is 1. The summed E-state index contributed by atoms with van der Waals surface area (Å²) in [7, 11) is 0. The average molecular weight is 286 g/mol. The smallest absolute Gasteiger partial charge is 0.276 e. The number of nitrogens with zero attached hydrogens (tertiary/aromatic N) is 3. The van der Waals surface area contributed by atoms with Crippen LogP contribution in [0.5, 0.6) is 0 Å². The van der Waals surface area contributed by atoms with Crippen molar-refractivity contribution in [3.05, 3.63) is 60.2 Å². The van der Waals surface area contributed by atoms with Gasteiger partial charge in [0.15, 0.2) is 0 Å². The van der Waals surface area contributed by atoms with Crippen molar-refractivity contribution in [2.24, 2.45) is 0 Å². The molecule has 2 heterocycles. The van der Waals surface area contributed by atoms with E-state index in [1.54, 1.807) is 24.3 Å². The van der Waals surface area contributed by atoms with E-state index in [9.17, 15) is 13.6 Å². The molecular formula is C14H8F2N4O. The number of pyridine rings is 1. The lowest BCUT2D eigenvalue weighted by atomic mass is 10.3. The molecule has 3 aromatic rings. The Bertz CT molecular complexity index is 838. The van der Waals surface area contributed by atoms with Crippen LogP contribution >= 0.6 is 0 Å². The van der Waals surface area contributed by atoms with E-state index in [4.69, 9.17) is 0 Å². The molecule has 104 valence electrons. The molecular weight excluding hydrogens is 278 g/mol. The van der Waals surface area contributed by atoms with E-state index in [1.165, 1.54) is 6.20 Å². The quantitative estimate of drug-likeness (QED) is 0.735. The maximum absolute atomic E-state index is 13.4. The minimum absolute atomic E-state index is 0.0254. The molecule has 21 heavy (non-hydrogen) atoms. The lowest BCUT2D eigenvalue weighted by Gasteiger charge is -2.05. The molecule has 5 nitrogen and oxygen atoms in total. The number of aromatic nitrogens is 3. The second-order valence-electron chi connectivity index (χ2n) is 4.17. The van der Waals surface area contributed by atoms with E-state index in [2.05, 4.69) is 20.3 Å². The highest BCUT2D eigenvalue weighted by molar-refractivity contribution is 6.03. The van der Waals surface area contributed by atoms with Crippen LogP contribution in [0.1, 0.15) is 10.5 Å². The zero-order valence-corrected chi connectivity index (χ0v) is 10.5. The number of nitrogens with one attached hydrogen (secondary N) is 1. The third-order valence-electron chi connectivity index (χ3n) is 2.74. The molecule has 0 aliphatic heterocycles. The minimum Gasteiger partial charge on any atom is -0.317 e. The Morgan fingerprint density at radius 1 is 1.00 bits per heavy atom. The van der Waals surface area contributed by atoms with Gasteiger partial charge in [-0.15, -0.1) is 0 Å². The number of anilines is 1. The Hall–Kier alpha value is -2.96. The van der Waals surface area contributed by atoms with Crippen LogP contribution in [0.2, 0.25) is 0 Å². The number of fused-ring (bicyclic) bond motifs is 1. The number of benzene rings is 1. The van der Waals surface area contributed by atoms with Crippen molar-refractivity contribution in [1.82, 2.24) is 15.0 Å². The van der Waals surface area contributed by atoms with Gasteiger partial charge in [-0.05, 0) is 24.3 Å². The summed E-state index contributed by atoms with van der Waals surface area (Å²) in [6, 6.07) is 9.07. The Morgan fingerprint density at radius 2 is 1.76 bits per heavy atom. The molecule has 0 aliphatic carbocycles. The molecule has 0 aliphatic rings. The van der Waals surface area contributed by atoms with E-state index < -0.39 is 17.8 Å². The Morgan fingerprint density at radius 3 is 2.52 bits per heavy atom. The third-order valence-corrected chi connectivity index (χ3v) is 2.74. The van der Waals surface area contributed by atoms with E-state index in [0.717, 1.165) is 12.1 Å². The van der Waals surface area contributed by atoms with Crippen LogP contribution < -0.4 is 5.32 Å².